The zero-order chi connectivity index (χ0) is 9.80. The molecule has 0 amide bonds. The second-order valence-electron chi connectivity index (χ2n) is 2.63. The maximum absolute atomic E-state index is 5.90. The van der Waals surface area contributed by atoms with E-state index in [9.17, 15) is 0 Å². The minimum atomic E-state index is 0.522. The number of benzene rings is 1. The van der Waals surface area contributed by atoms with Gasteiger partial charge in [0.1, 0.15) is 5.75 Å². The van der Waals surface area contributed by atoms with Gasteiger partial charge in [-0.1, -0.05) is 23.7 Å². The zero-order valence-corrected chi connectivity index (χ0v) is 8.03. The lowest BCUT2D eigenvalue weighted by atomic mass is 10.3. The van der Waals surface area contributed by atoms with Crippen molar-refractivity contribution in [1.29, 1.82) is 0 Å². The first-order valence-electron chi connectivity index (χ1n) is 4.11. The smallest absolute Gasteiger partial charge is 0.219 e. The lowest BCUT2D eigenvalue weighted by Crippen LogP contribution is -1.86. The van der Waals surface area contributed by atoms with Gasteiger partial charge in [0.15, 0.2) is 0 Å². The molecular weight excluding hydrogens is 198 g/mol. The Bertz CT molecular complexity index is 417. The van der Waals surface area contributed by atoms with E-state index >= 15 is 0 Å². The molecule has 0 bridgehead atoms. The van der Waals surface area contributed by atoms with Crippen molar-refractivity contribution in [2.45, 2.75) is 0 Å². The number of ether oxygens (including phenoxy) is 1. The highest BCUT2D eigenvalue weighted by Crippen LogP contribution is 2.26. The van der Waals surface area contributed by atoms with E-state index in [4.69, 9.17) is 16.3 Å². The Kier molecular flexibility index (Phi) is 2.65. The standard InChI is InChI=1S/C11H7ClNO/c12-9-5-1-2-6-10(9)14-11-7-3-4-8-13-11/h1,3-8H. The Labute approximate surface area is 87.1 Å². The maximum Gasteiger partial charge on any atom is 0.219 e. The highest BCUT2D eigenvalue weighted by atomic mass is 35.5. The van der Waals surface area contributed by atoms with Gasteiger partial charge in [0.25, 0.3) is 0 Å². The Morgan fingerprint density at radius 3 is 2.93 bits per heavy atom. The van der Waals surface area contributed by atoms with Gasteiger partial charge in [-0.25, -0.2) is 4.98 Å². The van der Waals surface area contributed by atoms with E-state index in [0.717, 1.165) is 0 Å². The normalized spacial score (nSPS) is 9.79. The number of pyridine rings is 1. The summed E-state index contributed by atoms with van der Waals surface area (Å²) in [4.78, 5) is 4.02. The van der Waals surface area contributed by atoms with Gasteiger partial charge in [-0.15, -0.1) is 0 Å². The first-order valence-corrected chi connectivity index (χ1v) is 4.48. The van der Waals surface area contributed by atoms with Gasteiger partial charge < -0.3 is 4.74 Å². The van der Waals surface area contributed by atoms with Crippen molar-refractivity contribution < 1.29 is 4.74 Å². The fourth-order valence-corrected chi connectivity index (χ4v) is 1.15. The number of rotatable bonds is 2. The number of hydrogen-bond acceptors (Lipinski definition) is 2. The van der Waals surface area contributed by atoms with Crippen LogP contribution in [0.5, 0.6) is 11.6 Å². The maximum atomic E-state index is 5.90. The summed E-state index contributed by atoms with van der Waals surface area (Å²) in [6, 6.07) is 13.5. The molecule has 14 heavy (non-hydrogen) atoms. The van der Waals surface area contributed by atoms with Gasteiger partial charge in [-0.2, -0.15) is 0 Å². The first kappa shape index (κ1) is 9.03. The molecule has 0 N–H and O–H groups in total. The predicted octanol–water partition coefficient (Wildman–Crippen LogP) is 3.33. The zero-order valence-electron chi connectivity index (χ0n) is 7.27. The summed E-state index contributed by atoms with van der Waals surface area (Å²) in [6.07, 6.45) is 1.66. The largest absolute Gasteiger partial charge is 0.437 e. The summed E-state index contributed by atoms with van der Waals surface area (Å²) >= 11 is 5.90. The molecule has 1 aromatic heterocycles. The predicted molar refractivity (Wildman–Crippen MR) is 54.6 cm³/mol. The van der Waals surface area contributed by atoms with Gasteiger partial charge in [0.05, 0.1) is 5.02 Å². The van der Waals surface area contributed by atoms with E-state index in [2.05, 4.69) is 11.1 Å². The molecule has 1 heterocycles. The lowest BCUT2D eigenvalue weighted by Gasteiger charge is -2.04. The number of aromatic nitrogens is 1. The summed E-state index contributed by atoms with van der Waals surface area (Å²) in [5.41, 5.74) is 0. The van der Waals surface area contributed by atoms with Crippen LogP contribution in [-0.4, -0.2) is 4.98 Å². The van der Waals surface area contributed by atoms with Crippen molar-refractivity contribution >= 4 is 11.6 Å². The molecule has 0 unspecified atom stereocenters. The molecule has 0 aliphatic rings. The number of nitrogens with zero attached hydrogens (tertiary/aromatic N) is 1. The van der Waals surface area contributed by atoms with E-state index in [-0.39, 0.29) is 0 Å². The van der Waals surface area contributed by atoms with Crippen LogP contribution in [0.4, 0.5) is 0 Å². The molecule has 0 saturated heterocycles. The molecule has 0 saturated carbocycles. The van der Waals surface area contributed by atoms with Crippen molar-refractivity contribution in [3.05, 3.63) is 53.7 Å². The molecule has 1 radical (unpaired) electrons. The summed E-state index contributed by atoms with van der Waals surface area (Å²) < 4.78 is 5.43. The highest BCUT2D eigenvalue weighted by Gasteiger charge is 2.01. The summed E-state index contributed by atoms with van der Waals surface area (Å²) in [7, 11) is 0. The van der Waals surface area contributed by atoms with Crippen LogP contribution in [0.1, 0.15) is 0 Å². The monoisotopic (exact) mass is 204 g/mol. The Hall–Kier alpha value is -1.54. The van der Waals surface area contributed by atoms with E-state index in [1.54, 1.807) is 30.5 Å². The van der Waals surface area contributed by atoms with Crippen LogP contribution in [0.15, 0.2) is 42.6 Å². The van der Waals surface area contributed by atoms with E-state index in [1.807, 2.05) is 12.1 Å². The van der Waals surface area contributed by atoms with Crippen LogP contribution in [-0.2, 0) is 0 Å². The topological polar surface area (TPSA) is 22.1 Å². The highest BCUT2D eigenvalue weighted by molar-refractivity contribution is 6.32. The van der Waals surface area contributed by atoms with Crippen molar-refractivity contribution in [2.75, 3.05) is 0 Å². The molecule has 0 aliphatic heterocycles. The van der Waals surface area contributed by atoms with Crippen molar-refractivity contribution in [1.82, 2.24) is 4.98 Å². The van der Waals surface area contributed by atoms with Crippen LogP contribution >= 0.6 is 11.6 Å². The first-order chi connectivity index (χ1) is 6.86. The summed E-state index contributed by atoms with van der Waals surface area (Å²) in [5.74, 6) is 1.09. The second-order valence-corrected chi connectivity index (χ2v) is 3.03. The fourth-order valence-electron chi connectivity index (χ4n) is 0.994. The second kappa shape index (κ2) is 4.11. The average Bonchev–Trinajstić information content (AvgIpc) is 2.23. The molecular formula is C11H7ClNO. The van der Waals surface area contributed by atoms with Crippen molar-refractivity contribution in [2.24, 2.45) is 0 Å². The van der Waals surface area contributed by atoms with Gasteiger partial charge in [0, 0.05) is 12.3 Å². The molecule has 0 fully saturated rings. The molecule has 0 atom stereocenters. The molecule has 69 valence electrons. The summed E-state index contributed by atoms with van der Waals surface area (Å²) in [5, 5.41) is 0.550. The van der Waals surface area contributed by atoms with Crippen molar-refractivity contribution in [3.8, 4) is 11.6 Å². The SMILES string of the molecule is Clc1cc[c]cc1Oc1ccccn1. The van der Waals surface area contributed by atoms with Crippen LogP contribution in [0.25, 0.3) is 0 Å². The third-order valence-corrected chi connectivity index (χ3v) is 1.94. The van der Waals surface area contributed by atoms with Gasteiger partial charge in [0.2, 0.25) is 5.88 Å². The third-order valence-electron chi connectivity index (χ3n) is 1.63. The van der Waals surface area contributed by atoms with Gasteiger partial charge in [-0.3, -0.25) is 0 Å². The molecule has 2 rings (SSSR count). The van der Waals surface area contributed by atoms with E-state index < -0.39 is 0 Å². The summed E-state index contributed by atoms with van der Waals surface area (Å²) in [6.45, 7) is 0. The van der Waals surface area contributed by atoms with Crippen LogP contribution in [0, 0.1) is 6.07 Å². The van der Waals surface area contributed by atoms with E-state index in [1.165, 1.54) is 0 Å². The molecule has 2 nitrogen and oxygen atoms in total. The Morgan fingerprint density at radius 1 is 1.29 bits per heavy atom. The van der Waals surface area contributed by atoms with Crippen LogP contribution < -0.4 is 4.74 Å². The fraction of sp³-hybridized carbons (Fsp3) is 0. The number of halogens is 1. The minimum Gasteiger partial charge on any atom is -0.437 e. The molecule has 0 spiro atoms. The molecule has 2 aromatic rings. The Morgan fingerprint density at radius 2 is 2.21 bits per heavy atom. The van der Waals surface area contributed by atoms with Gasteiger partial charge in [-0.05, 0) is 24.3 Å². The van der Waals surface area contributed by atoms with E-state index in [0.29, 0.717) is 16.7 Å². The third kappa shape index (κ3) is 2.03. The van der Waals surface area contributed by atoms with Crippen molar-refractivity contribution in [3.63, 3.8) is 0 Å². The molecule has 1 aromatic carbocycles. The van der Waals surface area contributed by atoms with Gasteiger partial charge >= 0.3 is 0 Å². The lowest BCUT2D eigenvalue weighted by molar-refractivity contribution is 0.463. The van der Waals surface area contributed by atoms with Crippen LogP contribution in [0.3, 0.4) is 0 Å². The quantitative estimate of drug-likeness (QED) is 0.749. The molecule has 0 aliphatic carbocycles. The molecule has 3 heteroatoms. The Balaban J connectivity index is 2.24. The minimum absolute atomic E-state index is 0.522. The average molecular weight is 205 g/mol. The van der Waals surface area contributed by atoms with Crippen LogP contribution in [0.2, 0.25) is 5.02 Å². The number of hydrogen-bond donors (Lipinski definition) is 0.